The van der Waals surface area contributed by atoms with Crippen molar-refractivity contribution in [3.63, 3.8) is 0 Å². The normalized spacial score (nSPS) is 20.5. The number of nitrogens with one attached hydrogen (secondary N) is 2. The van der Waals surface area contributed by atoms with E-state index in [0.717, 1.165) is 31.4 Å². The maximum absolute atomic E-state index is 11.8. The van der Waals surface area contributed by atoms with Crippen LogP contribution in [0.3, 0.4) is 0 Å². The molecular formula is C19H28N2O8. The first-order valence-electron chi connectivity index (χ1n) is 9.20. The molecule has 1 aliphatic carbocycles. The third-order valence-electron chi connectivity index (χ3n) is 4.51. The summed E-state index contributed by atoms with van der Waals surface area (Å²) in [5, 5.41) is 5.36. The van der Waals surface area contributed by atoms with Crippen LogP contribution in [-0.2, 0) is 28.5 Å². The number of amides is 2. The van der Waals surface area contributed by atoms with E-state index in [1.807, 2.05) is 0 Å². The molecule has 2 unspecified atom stereocenters. The summed E-state index contributed by atoms with van der Waals surface area (Å²) < 4.78 is 18.7. The van der Waals surface area contributed by atoms with Gasteiger partial charge in [-0.1, -0.05) is 26.5 Å². The van der Waals surface area contributed by atoms with Crippen LogP contribution in [0.4, 0.5) is 9.59 Å². The van der Waals surface area contributed by atoms with E-state index in [-0.39, 0.29) is 11.5 Å². The molecule has 0 heterocycles. The zero-order chi connectivity index (χ0) is 21.7. The molecule has 1 aliphatic rings. The van der Waals surface area contributed by atoms with Gasteiger partial charge in [0.25, 0.3) is 0 Å². The van der Waals surface area contributed by atoms with Crippen LogP contribution in [0.5, 0.6) is 0 Å². The fraction of sp³-hybridized carbons (Fsp3) is 0.579. The molecule has 0 aliphatic heterocycles. The lowest BCUT2D eigenvalue weighted by Crippen LogP contribution is -2.43. The minimum atomic E-state index is -0.686. The Morgan fingerprint density at radius 2 is 1.59 bits per heavy atom. The second-order valence-electron chi connectivity index (χ2n) is 6.86. The maximum Gasteiger partial charge on any atom is 0.410 e. The molecule has 0 saturated heterocycles. The number of hydrogen-bond donors (Lipinski definition) is 2. The Labute approximate surface area is 169 Å². The van der Waals surface area contributed by atoms with E-state index >= 15 is 0 Å². The van der Waals surface area contributed by atoms with E-state index in [2.05, 4.69) is 40.2 Å². The van der Waals surface area contributed by atoms with Crippen molar-refractivity contribution < 1.29 is 38.1 Å². The monoisotopic (exact) mass is 412 g/mol. The fourth-order valence-corrected chi connectivity index (χ4v) is 3.05. The van der Waals surface area contributed by atoms with Crippen molar-refractivity contribution in [2.45, 2.75) is 45.1 Å². The van der Waals surface area contributed by atoms with Crippen LogP contribution >= 0.6 is 0 Å². The molecule has 0 aromatic carbocycles. The van der Waals surface area contributed by atoms with E-state index in [9.17, 15) is 19.2 Å². The van der Waals surface area contributed by atoms with Crippen LogP contribution in [0.2, 0.25) is 0 Å². The number of carbonyl (C=O) groups excluding carboxylic acids is 4. The zero-order valence-corrected chi connectivity index (χ0v) is 16.6. The Balaban J connectivity index is 2.28. The summed E-state index contributed by atoms with van der Waals surface area (Å²) >= 11 is 0. The molecule has 1 saturated carbocycles. The molecule has 10 heteroatoms. The quantitative estimate of drug-likeness (QED) is 0.317. The minimum Gasteiger partial charge on any atom is -0.425 e. The van der Waals surface area contributed by atoms with Gasteiger partial charge in [0.2, 0.25) is 13.6 Å². The molecule has 1 fully saturated rings. The highest BCUT2D eigenvalue weighted by Gasteiger charge is 2.33. The van der Waals surface area contributed by atoms with Gasteiger partial charge in [-0.25, -0.2) is 19.2 Å². The molecule has 2 amide bonds. The van der Waals surface area contributed by atoms with E-state index in [0.29, 0.717) is 19.4 Å². The zero-order valence-electron chi connectivity index (χ0n) is 16.6. The predicted octanol–water partition coefficient (Wildman–Crippen LogP) is 2.15. The highest BCUT2D eigenvalue weighted by Crippen LogP contribution is 2.38. The standard InChI is InChI=1S/C19H28N2O8/c1-4-15(22)26-12-28-17(24)20-10-9-19(3)8-6-7-14(11-19)21-18(25)29-13-27-16(23)5-2/h4-5,14H,1-2,6-13H2,3H3,(H,20,24)(H,21,25). The first-order chi connectivity index (χ1) is 13.8. The molecule has 0 radical (unpaired) electrons. The van der Waals surface area contributed by atoms with Crippen LogP contribution in [0, 0.1) is 5.41 Å². The van der Waals surface area contributed by atoms with E-state index in [1.54, 1.807) is 0 Å². The minimum absolute atomic E-state index is 0.0818. The van der Waals surface area contributed by atoms with Crippen molar-refractivity contribution in [2.24, 2.45) is 5.41 Å². The Morgan fingerprint density at radius 1 is 1.00 bits per heavy atom. The molecule has 0 spiro atoms. The third kappa shape index (κ3) is 10.2. The predicted molar refractivity (Wildman–Crippen MR) is 101 cm³/mol. The van der Waals surface area contributed by atoms with Gasteiger partial charge in [-0.2, -0.15) is 0 Å². The molecule has 0 aromatic rings. The average Bonchev–Trinajstić information content (AvgIpc) is 2.67. The van der Waals surface area contributed by atoms with Gasteiger partial charge in [-0.05, 0) is 31.1 Å². The van der Waals surface area contributed by atoms with Crippen LogP contribution < -0.4 is 10.6 Å². The number of ether oxygens (including phenoxy) is 4. The summed E-state index contributed by atoms with van der Waals surface area (Å²) in [6.45, 7) is 7.96. The number of alkyl carbamates (subject to hydrolysis) is 2. The number of hydrogen-bond acceptors (Lipinski definition) is 8. The lowest BCUT2D eigenvalue weighted by atomic mass is 9.71. The summed E-state index contributed by atoms with van der Waals surface area (Å²) in [5.74, 6) is -1.35. The van der Waals surface area contributed by atoms with Crippen molar-refractivity contribution in [1.82, 2.24) is 10.6 Å². The van der Waals surface area contributed by atoms with Gasteiger partial charge in [-0.3, -0.25) is 0 Å². The highest BCUT2D eigenvalue weighted by atomic mass is 16.7. The summed E-state index contributed by atoms with van der Waals surface area (Å²) in [5.41, 5.74) is -0.0892. The van der Waals surface area contributed by atoms with Gasteiger partial charge in [-0.15, -0.1) is 0 Å². The van der Waals surface area contributed by atoms with Crippen molar-refractivity contribution in [3.8, 4) is 0 Å². The smallest absolute Gasteiger partial charge is 0.410 e. The molecule has 0 aromatic heterocycles. The first kappa shape index (κ1) is 24.0. The van der Waals surface area contributed by atoms with E-state index in [1.165, 1.54) is 0 Å². The van der Waals surface area contributed by atoms with Crippen molar-refractivity contribution in [3.05, 3.63) is 25.3 Å². The average molecular weight is 412 g/mol. The summed E-state index contributed by atoms with van der Waals surface area (Å²) in [7, 11) is 0. The second-order valence-corrected chi connectivity index (χ2v) is 6.86. The summed E-state index contributed by atoms with van der Waals surface area (Å²) in [6.07, 6.45) is 4.66. The molecule has 0 bridgehead atoms. The topological polar surface area (TPSA) is 129 Å². The van der Waals surface area contributed by atoms with Gasteiger partial charge in [0.1, 0.15) is 0 Å². The molecule has 162 valence electrons. The van der Waals surface area contributed by atoms with Gasteiger partial charge in [0.15, 0.2) is 0 Å². The van der Waals surface area contributed by atoms with Gasteiger partial charge in [0.05, 0.1) is 0 Å². The van der Waals surface area contributed by atoms with Crippen molar-refractivity contribution >= 4 is 24.1 Å². The Bertz CT molecular complexity index is 621. The van der Waals surface area contributed by atoms with Gasteiger partial charge >= 0.3 is 24.1 Å². The van der Waals surface area contributed by atoms with Crippen LogP contribution in [-0.4, -0.2) is 50.3 Å². The van der Waals surface area contributed by atoms with E-state index in [4.69, 9.17) is 9.47 Å². The maximum atomic E-state index is 11.8. The SMILES string of the molecule is C=CC(=O)OCOC(=O)NCCC1(C)CCCC(NC(=O)OCOC(=O)C=C)C1. The third-order valence-corrected chi connectivity index (χ3v) is 4.51. The van der Waals surface area contributed by atoms with E-state index < -0.39 is 37.7 Å². The molecular weight excluding hydrogens is 384 g/mol. The lowest BCUT2D eigenvalue weighted by Gasteiger charge is -2.38. The number of carbonyl (C=O) groups is 4. The Kier molecular flexibility index (Phi) is 10.3. The Hall–Kier alpha value is -3.04. The molecule has 10 nitrogen and oxygen atoms in total. The van der Waals surface area contributed by atoms with Crippen LogP contribution in [0.1, 0.15) is 39.0 Å². The van der Waals surface area contributed by atoms with Crippen LogP contribution in [0.15, 0.2) is 25.3 Å². The fourth-order valence-electron chi connectivity index (χ4n) is 3.05. The second kappa shape index (κ2) is 12.4. The summed E-state index contributed by atoms with van der Waals surface area (Å²) in [4.78, 5) is 45.1. The highest BCUT2D eigenvalue weighted by molar-refractivity contribution is 5.81. The molecule has 1 rings (SSSR count). The Morgan fingerprint density at radius 3 is 2.17 bits per heavy atom. The van der Waals surface area contributed by atoms with Gasteiger partial charge in [0, 0.05) is 24.7 Å². The number of esters is 2. The summed E-state index contributed by atoms with van der Waals surface area (Å²) in [6, 6.07) is -0.0818. The molecule has 2 atom stereocenters. The number of rotatable bonds is 10. The lowest BCUT2D eigenvalue weighted by molar-refractivity contribution is -0.146. The van der Waals surface area contributed by atoms with Gasteiger partial charge < -0.3 is 29.6 Å². The van der Waals surface area contributed by atoms with Crippen LogP contribution in [0.25, 0.3) is 0 Å². The molecule has 2 N–H and O–H groups in total. The largest absolute Gasteiger partial charge is 0.425 e. The van der Waals surface area contributed by atoms with Crippen molar-refractivity contribution in [1.29, 1.82) is 0 Å². The molecule has 29 heavy (non-hydrogen) atoms. The first-order valence-corrected chi connectivity index (χ1v) is 9.20. The van der Waals surface area contributed by atoms with Crippen molar-refractivity contribution in [2.75, 3.05) is 20.1 Å².